The number of benzene rings is 2. The number of ether oxygens (including phenoxy) is 2. The average Bonchev–Trinajstić information content (AvgIpc) is 2.73. The number of non-ortho nitro benzene ring substituents is 1. The number of methoxy groups -OCH3 is 2. The van der Waals surface area contributed by atoms with Gasteiger partial charge in [0.25, 0.3) is 5.69 Å². The lowest BCUT2D eigenvalue weighted by atomic mass is 10.1. The fraction of sp³-hybridized carbons (Fsp3) is 0.211. The second-order valence-electron chi connectivity index (χ2n) is 5.75. The molecular formula is C19H20N4O6. The van der Waals surface area contributed by atoms with Crippen molar-refractivity contribution >= 4 is 23.7 Å². The smallest absolute Gasteiger partial charge is 0.329 e. The van der Waals surface area contributed by atoms with Gasteiger partial charge in [0, 0.05) is 24.2 Å². The van der Waals surface area contributed by atoms with Gasteiger partial charge in [0.15, 0.2) is 11.5 Å². The summed E-state index contributed by atoms with van der Waals surface area (Å²) in [5.74, 6) is -0.619. The van der Waals surface area contributed by atoms with Crippen molar-refractivity contribution in [3.63, 3.8) is 0 Å². The van der Waals surface area contributed by atoms with Crippen LogP contribution in [0.1, 0.15) is 11.1 Å². The van der Waals surface area contributed by atoms with Crippen molar-refractivity contribution in [2.24, 2.45) is 5.10 Å². The first kappa shape index (κ1) is 21.4. The molecule has 2 N–H and O–H groups in total. The number of nitrogens with zero attached hydrogens (tertiary/aromatic N) is 2. The Kier molecular flexibility index (Phi) is 7.66. The number of rotatable bonds is 8. The van der Waals surface area contributed by atoms with E-state index in [0.717, 1.165) is 5.56 Å². The zero-order valence-electron chi connectivity index (χ0n) is 15.9. The Labute approximate surface area is 166 Å². The number of hydrogen-bond acceptors (Lipinski definition) is 7. The number of nitro benzene ring substituents is 1. The number of carbonyl (C=O) groups excluding carboxylic acids is 2. The second-order valence-corrected chi connectivity index (χ2v) is 5.75. The molecule has 2 aromatic rings. The number of amides is 2. The molecule has 0 aliphatic carbocycles. The Morgan fingerprint density at radius 1 is 1.10 bits per heavy atom. The lowest BCUT2D eigenvalue weighted by Crippen LogP contribution is -2.38. The molecule has 0 saturated heterocycles. The topological polar surface area (TPSA) is 132 Å². The maximum absolute atomic E-state index is 11.8. The molecule has 0 fully saturated rings. The maximum Gasteiger partial charge on any atom is 0.329 e. The largest absolute Gasteiger partial charge is 0.493 e. The van der Waals surface area contributed by atoms with Crippen LogP contribution in [0.5, 0.6) is 11.5 Å². The molecule has 2 rings (SSSR count). The van der Waals surface area contributed by atoms with Gasteiger partial charge in [-0.05, 0) is 24.1 Å². The van der Waals surface area contributed by atoms with Crippen molar-refractivity contribution < 1.29 is 24.0 Å². The first-order valence-electron chi connectivity index (χ1n) is 8.51. The molecule has 29 heavy (non-hydrogen) atoms. The van der Waals surface area contributed by atoms with E-state index in [-0.39, 0.29) is 12.2 Å². The summed E-state index contributed by atoms with van der Waals surface area (Å²) in [4.78, 5) is 33.7. The maximum atomic E-state index is 11.8. The van der Waals surface area contributed by atoms with Crippen molar-refractivity contribution in [2.45, 2.75) is 6.42 Å². The molecule has 0 aliphatic rings. The molecular weight excluding hydrogens is 380 g/mol. The van der Waals surface area contributed by atoms with Gasteiger partial charge in [-0.25, -0.2) is 5.43 Å². The van der Waals surface area contributed by atoms with E-state index in [9.17, 15) is 19.7 Å². The fourth-order valence-corrected chi connectivity index (χ4v) is 2.37. The van der Waals surface area contributed by atoms with Gasteiger partial charge in [-0.2, -0.15) is 5.10 Å². The van der Waals surface area contributed by atoms with Crippen LogP contribution in [0, 0.1) is 10.1 Å². The highest BCUT2D eigenvalue weighted by atomic mass is 16.6. The van der Waals surface area contributed by atoms with Crippen molar-refractivity contribution in [3.05, 3.63) is 63.7 Å². The van der Waals surface area contributed by atoms with E-state index in [4.69, 9.17) is 9.47 Å². The number of hydrazone groups is 1. The van der Waals surface area contributed by atoms with Crippen LogP contribution in [0.4, 0.5) is 5.69 Å². The van der Waals surface area contributed by atoms with Crippen molar-refractivity contribution in [3.8, 4) is 11.5 Å². The van der Waals surface area contributed by atoms with Crippen LogP contribution >= 0.6 is 0 Å². The van der Waals surface area contributed by atoms with E-state index in [2.05, 4.69) is 15.8 Å². The van der Waals surface area contributed by atoms with Gasteiger partial charge in [0.2, 0.25) is 0 Å². The number of nitro groups is 1. The molecule has 0 spiro atoms. The van der Waals surface area contributed by atoms with Crippen LogP contribution in [0.15, 0.2) is 47.6 Å². The van der Waals surface area contributed by atoms with E-state index in [0.29, 0.717) is 23.5 Å². The van der Waals surface area contributed by atoms with E-state index in [1.54, 1.807) is 18.2 Å². The molecule has 2 amide bonds. The molecule has 0 heterocycles. The van der Waals surface area contributed by atoms with Gasteiger partial charge >= 0.3 is 11.8 Å². The lowest BCUT2D eigenvalue weighted by molar-refractivity contribution is -0.384. The summed E-state index contributed by atoms with van der Waals surface area (Å²) in [7, 11) is 3.07. The lowest BCUT2D eigenvalue weighted by Gasteiger charge is -2.09. The molecule has 0 atom stereocenters. The minimum absolute atomic E-state index is 0.104. The molecule has 0 saturated carbocycles. The van der Waals surface area contributed by atoms with Crippen LogP contribution in [0.25, 0.3) is 0 Å². The van der Waals surface area contributed by atoms with E-state index < -0.39 is 16.7 Å². The third-order valence-corrected chi connectivity index (χ3v) is 3.81. The summed E-state index contributed by atoms with van der Waals surface area (Å²) < 4.78 is 10.4. The van der Waals surface area contributed by atoms with Crippen molar-refractivity contribution in [1.82, 2.24) is 10.7 Å². The van der Waals surface area contributed by atoms with Gasteiger partial charge in [-0.15, -0.1) is 0 Å². The SMILES string of the molecule is COc1ccc(CCNC(=O)C(=O)N/N=C\c2cccc([N+](=O)[O-])c2)cc1OC. The first-order chi connectivity index (χ1) is 13.9. The Balaban J connectivity index is 1.81. The molecule has 10 nitrogen and oxygen atoms in total. The molecule has 0 aliphatic heterocycles. The predicted molar refractivity (Wildman–Crippen MR) is 105 cm³/mol. The van der Waals surface area contributed by atoms with Gasteiger partial charge in [0.1, 0.15) is 0 Å². The Morgan fingerprint density at radius 2 is 1.86 bits per heavy atom. The van der Waals surface area contributed by atoms with Crippen LogP contribution < -0.4 is 20.2 Å². The Morgan fingerprint density at radius 3 is 2.55 bits per heavy atom. The number of hydrogen-bond donors (Lipinski definition) is 2. The zero-order valence-corrected chi connectivity index (χ0v) is 15.9. The highest BCUT2D eigenvalue weighted by Crippen LogP contribution is 2.27. The molecule has 10 heteroatoms. The van der Waals surface area contributed by atoms with Crippen molar-refractivity contribution in [2.75, 3.05) is 20.8 Å². The third-order valence-electron chi connectivity index (χ3n) is 3.81. The standard InChI is InChI=1S/C19H20N4O6/c1-28-16-7-6-13(11-17(16)29-2)8-9-20-18(24)19(25)22-21-12-14-4-3-5-15(10-14)23(26)27/h3-7,10-12H,8-9H2,1-2H3,(H,20,24)(H,22,25)/b21-12-. The average molecular weight is 400 g/mol. The molecule has 0 radical (unpaired) electrons. The summed E-state index contributed by atoms with van der Waals surface area (Å²) in [6.45, 7) is 0.232. The number of nitrogens with one attached hydrogen (secondary N) is 2. The van der Waals surface area contributed by atoms with Crippen LogP contribution in [-0.2, 0) is 16.0 Å². The van der Waals surface area contributed by atoms with E-state index in [1.807, 2.05) is 6.07 Å². The summed E-state index contributed by atoms with van der Waals surface area (Å²) >= 11 is 0. The highest BCUT2D eigenvalue weighted by Gasteiger charge is 2.12. The molecule has 0 bridgehead atoms. The van der Waals surface area contributed by atoms with Gasteiger partial charge < -0.3 is 14.8 Å². The highest BCUT2D eigenvalue weighted by molar-refractivity contribution is 6.35. The molecule has 2 aromatic carbocycles. The van der Waals surface area contributed by atoms with Gasteiger partial charge in [0.05, 0.1) is 25.4 Å². The van der Waals surface area contributed by atoms with Crippen molar-refractivity contribution in [1.29, 1.82) is 0 Å². The molecule has 0 unspecified atom stereocenters. The zero-order chi connectivity index (χ0) is 21.2. The fourth-order valence-electron chi connectivity index (χ4n) is 2.37. The Bertz CT molecular complexity index is 929. The van der Waals surface area contributed by atoms with Crippen LogP contribution in [0.2, 0.25) is 0 Å². The van der Waals surface area contributed by atoms with Crippen LogP contribution in [-0.4, -0.2) is 43.7 Å². The minimum atomic E-state index is -0.945. The van der Waals surface area contributed by atoms with E-state index >= 15 is 0 Å². The summed E-state index contributed by atoms with van der Waals surface area (Å²) in [6.07, 6.45) is 1.69. The van der Waals surface area contributed by atoms with E-state index in [1.165, 1.54) is 38.6 Å². The summed E-state index contributed by atoms with van der Waals surface area (Å²) in [5.41, 5.74) is 3.28. The van der Waals surface area contributed by atoms with Gasteiger partial charge in [-0.1, -0.05) is 18.2 Å². The quantitative estimate of drug-likeness (QED) is 0.298. The normalized spacial score (nSPS) is 10.4. The molecule has 152 valence electrons. The predicted octanol–water partition coefficient (Wildman–Crippen LogP) is 1.42. The summed E-state index contributed by atoms with van der Waals surface area (Å²) in [5, 5.41) is 16.8. The van der Waals surface area contributed by atoms with Gasteiger partial charge in [-0.3, -0.25) is 19.7 Å². The summed E-state index contributed by atoms with van der Waals surface area (Å²) in [6, 6.07) is 11.1. The minimum Gasteiger partial charge on any atom is -0.493 e. The first-order valence-corrected chi connectivity index (χ1v) is 8.51. The van der Waals surface area contributed by atoms with Crippen LogP contribution in [0.3, 0.4) is 0 Å². The molecule has 0 aromatic heterocycles. The monoisotopic (exact) mass is 400 g/mol. The second kappa shape index (κ2) is 10.4. The third kappa shape index (κ3) is 6.31. The Hall–Kier alpha value is -3.95. The number of carbonyl (C=O) groups is 2.